The molecule has 1 aromatic carbocycles. The van der Waals surface area contributed by atoms with E-state index in [9.17, 15) is 9.50 Å². The minimum absolute atomic E-state index is 0.185. The molecule has 0 atom stereocenters. The molecule has 1 fully saturated rings. The zero-order chi connectivity index (χ0) is 12.3. The van der Waals surface area contributed by atoms with Gasteiger partial charge in [0.25, 0.3) is 0 Å². The van der Waals surface area contributed by atoms with Crippen LogP contribution in [0.5, 0.6) is 5.75 Å². The molecule has 1 N–H and O–H groups in total. The lowest BCUT2D eigenvalue weighted by molar-refractivity contribution is 0.267. The average Bonchev–Trinajstić information content (AvgIpc) is 2.76. The monoisotopic (exact) mass is 237 g/mol. The quantitative estimate of drug-likeness (QED) is 0.869. The van der Waals surface area contributed by atoms with E-state index in [2.05, 4.69) is 4.90 Å². The number of aromatic hydroxyl groups is 1. The summed E-state index contributed by atoms with van der Waals surface area (Å²) in [5.74, 6) is 0.674. The van der Waals surface area contributed by atoms with E-state index in [4.69, 9.17) is 0 Å². The number of phenolic OH excluding ortho intramolecular Hbond substituents is 1. The van der Waals surface area contributed by atoms with Crippen LogP contribution in [0.4, 0.5) is 4.39 Å². The summed E-state index contributed by atoms with van der Waals surface area (Å²) >= 11 is 0. The Balaban J connectivity index is 1.92. The molecular formula is C14H20FNO. The fraction of sp³-hybridized carbons (Fsp3) is 0.571. The maximum Gasteiger partial charge on any atom is 0.123 e. The predicted octanol–water partition coefficient (Wildman–Crippen LogP) is 3.15. The molecule has 94 valence electrons. The van der Waals surface area contributed by atoms with E-state index in [0.717, 1.165) is 12.5 Å². The highest BCUT2D eigenvalue weighted by Gasteiger charge is 2.17. The second-order valence-electron chi connectivity index (χ2n) is 5.12. The summed E-state index contributed by atoms with van der Waals surface area (Å²) in [4.78, 5) is 2.17. The van der Waals surface area contributed by atoms with E-state index in [1.807, 2.05) is 7.05 Å². The van der Waals surface area contributed by atoms with Crippen LogP contribution in [0.3, 0.4) is 0 Å². The van der Waals surface area contributed by atoms with Gasteiger partial charge in [-0.15, -0.1) is 0 Å². The molecule has 0 spiro atoms. The van der Waals surface area contributed by atoms with Crippen molar-refractivity contribution < 1.29 is 9.50 Å². The maximum atomic E-state index is 13.1. The van der Waals surface area contributed by atoms with Crippen molar-refractivity contribution in [3.8, 4) is 5.75 Å². The molecule has 0 saturated heterocycles. The molecule has 1 aliphatic carbocycles. The topological polar surface area (TPSA) is 23.5 Å². The number of rotatable bonds is 4. The minimum atomic E-state index is -0.285. The maximum absolute atomic E-state index is 13.1. The average molecular weight is 237 g/mol. The standard InChI is InChI=1S/C14H20FNO/c1-16(9-11-4-2-3-5-11)10-12-8-13(15)6-7-14(12)17/h6-8,11,17H,2-5,9-10H2,1H3. The zero-order valence-electron chi connectivity index (χ0n) is 10.3. The van der Waals surface area contributed by atoms with Gasteiger partial charge in [-0.1, -0.05) is 12.8 Å². The second-order valence-corrected chi connectivity index (χ2v) is 5.12. The Kier molecular flexibility index (Phi) is 4.00. The summed E-state index contributed by atoms with van der Waals surface area (Å²) in [5, 5.41) is 9.65. The van der Waals surface area contributed by atoms with Crippen LogP contribution >= 0.6 is 0 Å². The first kappa shape index (κ1) is 12.4. The minimum Gasteiger partial charge on any atom is -0.508 e. The number of halogens is 1. The number of phenols is 1. The van der Waals surface area contributed by atoms with E-state index in [1.165, 1.54) is 43.9 Å². The van der Waals surface area contributed by atoms with Gasteiger partial charge in [0.05, 0.1) is 0 Å². The third-order valence-electron chi connectivity index (χ3n) is 3.53. The summed E-state index contributed by atoms with van der Waals surface area (Å²) in [6.07, 6.45) is 5.28. The van der Waals surface area contributed by atoms with Crippen molar-refractivity contribution in [3.63, 3.8) is 0 Å². The van der Waals surface area contributed by atoms with Gasteiger partial charge in [0, 0.05) is 18.7 Å². The zero-order valence-corrected chi connectivity index (χ0v) is 10.3. The van der Waals surface area contributed by atoms with Gasteiger partial charge in [-0.3, -0.25) is 0 Å². The third kappa shape index (κ3) is 3.43. The van der Waals surface area contributed by atoms with Crippen molar-refractivity contribution >= 4 is 0 Å². The summed E-state index contributed by atoms with van der Waals surface area (Å²) in [6.45, 7) is 1.65. The molecule has 3 heteroatoms. The van der Waals surface area contributed by atoms with Crippen LogP contribution in [0.15, 0.2) is 18.2 Å². The fourth-order valence-corrected chi connectivity index (χ4v) is 2.67. The van der Waals surface area contributed by atoms with E-state index in [-0.39, 0.29) is 11.6 Å². The Labute approximate surface area is 102 Å². The second kappa shape index (κ2) is 5.50. The molecule has 0 radical (unpaired) electrons. The van der Waals surface area contributed by atoms with E-state index in [0.29, 0.717) is 12.1 Å². The highest BCUT2D eigenvalue weighted by molar-refractivity contribution is 5.32. The van der Waals surface area contributed by atoms with Crippen LogP contribution in [0.25, 0.3) is 0 Å². The Hall–Kier alpha value is -1.09. The first-order valence-electron chi connectivity index (χ1n) is 6.31. The van der Waals surface area contributed by atoms with Gasteiger partial charge >= 0.3 is 0 Å². The van der Waals surface area contributed by atoms with E-state index < -0.39 is 0 Å². The Morgan fingerprint density at radius 3 is 2.76 bits per heavy atom. The molecule has 1 aliphatic rings. The number of hydrogen-bond acceptors (Lipinski definition) is 2. The predicted molar refractivity (Wildman–Crippen MR) is 66.4 cm³/mol. The molecular weight excluding hydrogens is 217 g/mol. The largest absolute Gasteiger partial charge is 0.508 e. The first-order valence-corrected chi connectivity index (χ1v) is 6.31. The normalized spacial score (nSPS) is 16.9. The lowest BCUT2D eigenvalue weighted by atomic mass is 10.1. The Morgan fingerprint density at radius 2 is 2.06 bits per heavy atom. The van der Waals surface area contributed by atoms with Crippen LogP contribution in [0.1, 0.15) is 31.2 Å². The van der Waals surface area contributed by atoms with Gasteiger partial charge < -0.3 is 10.0 Å². The molecule has 0 aliphatic heterocycles. The molecule has 1 aromatic rings. The van der Waals surface area contributed by atoms with Crippen molar-refractivity contribution in [3.05, 3.63) is 29.6 Å². The van der Waals surface area contributed by atoms with Crippen molar-refractivity contribution in [1.82, 2.24) is 4.90 Å². The lowest BCUT2D eigenvalue weighted by Gasteiger charge is -2.21. The van der Waals surface area contributed by atoms with Crippen LogP contribution < -0.4 is 0 Å². The van der Waals surface area contributed by atoms with Gasteiger partial charge in [0.15, 0.2) is 0 Å². The van der Waals surface area contributed by atoms with Crippen molar-refractivity contribution in [2.75, 3.05) is 13.6 Å². The van der Waals surface area contributed by atoms with E-state index in [1.54, 1.807) is 0 Å². The number of nitrogens with zero attached hydrogens (tertiary/aromatic N) is 1. The molecule has 2 nitrogen and oxygen atoms in total. The van der Waals surface area contributed by atoms with E-state index >= 15 is 0 Å². The van der Waals surface area contributed by atoms with Gasteiger partial charge in [-0.2, -0.15) is 0 Å². The third-order valence-corrected chi connectivity index (χ3v) is 3.53. The number of hydrogen-bond donors (Lipinski definition) is 1. The van der Waals surface area contributed by atoms with Gasteiger partial charge in [-0.25, -0.2) is 4.39 Å². The molecule has 0 bridgehead atoms. The van der Waals surface area contributed by atoms with Crippen molar-refractivity contribution in [1.29, 1.82) is 0 Å². The van der Waals surface area contributed by atoms with Crippen molar-refractivity contribution in [2.45, 2.75) is 32.2 Å². The highest BCUT2D eigenvalue weighted by atomic mass is 19.1. The molecule has 0 heterocycles. The molecule has 0 aromatic heterocycles. The molecule has 0 amide bonds. The van der Waals surface area contributed by atoms with Crippen LogP contribution in [0, 0.1) is 11.7 Å². The van der Waals surface area contributed by atoms with Crippen molar-refractivity contribution in [2.24, 2.45) is 5.92 Å². The van der Waals surface area contributed by atoms with Gasteiger partial charge in [0.1, 0.15) is 11.6 Å². The molecule has 1 saturated carbocycles. The number of benzene rings is 1. The molecule has 0 unspecified atom stereocenters. The lowest BCUT2D eigenvalue weighted by Crippen LogP contribution is -2.24. The SMILES string of the molecule is CN(Cc1cc(F)ccc1O)CC1CCCC1. The molecule has 2 rings (SSSR count). The smallest absolute Gasteiger partial charge is 0.123 e. The van der Waals surface area contributed by atoms with Crippen LogP contribution in [-0.2, 0) is 6.54 Å². The van der Waals surface area contributed by atoms with Gasteiger partial charge in [0.2, 0.25) is 0 Å². The van der Waals surface area contributed by atoms with Gasteiger partial charge in [-0.05, 0) is 44.0 Å². The summed E-state index contributed by atoms with van der Waals surface area (Å²) in [5.41, 5.74) is 0.672. The van der Waals surface area contributed by atoms with Crippen LogP contribution in [-0.4, -0.2) is 23.6 Å². The highest BCUT2D eigenvalue weighted by Crippen LogP contribution is 2.26. The Bertz CT molecular complexity index is 374. The summed E-state index contributed by atoms with van der Waals surface area (Å²) in [6, 6.07) is 4.13. The van der Waals surface area contributed by atoms with Crippen LogP contribution in [0.2, 0.25) is 0 Å². The summed E-state index contributed by atoms with van der Waals surface area (Å²) < 4.78 is 13.1. The fourth-order valence-electron chi connectivity index (χ4n) is 2.67. The first-order chi connectivity index (χ1) is 8.15. The Morgan fingerprint density at radius 1 is 1.35 bits per heavy atom. The summed E-state index contributed by atoms with van der Waals surface area (Å²) in [7, 11) is 2.03. The molecule has 17 heavy (non-hydrogen) atoms.